The fourth-order valence-electron chi connectivity index (χ4n) is 2.56. The van der Waals surface area contributed by atoms with E-state index in [2.05, 4.69) is 5.18 Å². The van der Waals surface area contributed by atoms with Crippen molar-refractivity contribution in [2.75, 3.05) is 4.93 Å². The Morgan fingerprint density at radius 2 is 2.08 bits per heavy atom. The first-order valence-electron chi connectivity index (χ1n) is 6.95. The Morgan fingerprint density at radius 1 is 1.38 bits per heavy atom. The van der Waals surface area contributed by atoms with Gasteiger partial charge >= 0.3 is 147 Å². The molecule has 9 heteroatoms. The quantitative estimate of drug-likeness (QED) is 0.310. The molecule has 24 heavy (non-hydrogen) atoms. The molecule has 1 unspecified atom stereocenters. The number of rotatable bonds is 7. The maximum atomic E-state index is 12.4. The number of carbonyl (C=O) groups excluding carboxylic acids is 1. The van der Waals surface area contributed by atoms with Gasteiger partial charge in [-0.3, -0.25) is 0 Å². The average Bonchev–Trinajstić information content (AvgIpc) is 2.53. The van der Waals surface area contributed by atoms with Crippen molar-refractivity contribution in [2.45, 2.75) is 29.3 Å². The molecule has 130 valence electrons. The first-order chi connectivity index (χ1) is 11.3. The van der Waals surface area contributed by atoms with Gasteiger partial charge in [-0.1, -0.05) is 0 Å². The van der Waals surface area contributed by atoms with Gasteiger partial charge < -0.3 is 0 Å². The van der Waals surface area contributed by atoms with Crippen molar-refractivity contribution in [3.05, 3.63) is 28.2 Å². The van der Waals surface area contributed by atoms with Crippen molar-refractivity contribution in [3.63, 3.8) is 0 Å². The minimum atomic E-state index is -1.94. The monoisotopic (exact) mass is 448 g/mol. The summed E-state index contributed by atoms with van der Waals surface area (Å²) in [5.41, 5.74) is -1.19. The van der Waals surface area contributed by atoms with Gasteiger partial charge in [-0.05, 0) is 0 Å². The number of ketones is 1. The molecule has 0 radical (unpaired) electrons. The van der Waals surface area contributed by atoms with E-state index in [4.69, 9.17) is 9.84 Å². The first-order valence-corrected chi connectivity index (χ1v) is 10.6. The zero-order valence-electron chi connectivity index (χ0n) is 12.7. The van der Waals surface area contributed by atoms with Crippen molar-refractivity contribution in [1.29, 1.82) is 0 Å². The van der Waals surface area contributed by atoms with Crippen molar-refractivity contribution in [2.24, 2.45) is 5.18 Å². The molecule has 8 nitrogen and oxygen atoms in total. The molecule has 1 aliphatic heterocycles. The van der Waals surface area contributed by atoms with Crippen LogP contribution in [0.15, 0.2) is 17.3 Å². The Morgan fingerprint density at radius 3 is 2.62 bits per heavy atom. The Hall–Kier alpha value is -2.04. The number of carbonyl (C=O) groups is 3. The third kappa shape index (κ3) is 3.40. The van der Waals surface area contributed by atoms with Crippen molar-refractivity contribution in [3.8, 4) is 5.75 Å². The number of halogens is 1. The number of Topliss-reactive ketones (excluding diaryl/α,β-unsaturated/α-hetero) is 1. The summed E-state index contributed by atoms with van der Waals surface area (Å²) in [5, 5.41) is 21.3. The van der Waals surface area contributed by atoms with Gasteiger partial charge in [-0.2, -0.15) is 0 Å². The molecular weight excluding hydrogens is 433 g/mol. The van der Waals surface area contributed by atoms with Gasteiger partial charge in [-0.15, -0.1) is 0 Å². The number of hydrogen-bond donors (Lipinski definition) is 2. The summed E-state index contributed by atoms with van der Waals surface area (Å²) < 4.78 is 6.15. The molecule has 2 rings (SSSR count). The van der Waals surface area contributed by atoms with Gasteiger partial charge in [0.2, 0.25) is 0 Å². The van der Waals surface area contributed by atoms with Gasteiger partial charge in [0.05, 0.1) is 0 Å². The predicted octanol–water partition coefficient (Wildman–Crippen LogP) is -1.04. The molecule has 1 aromatic carbocycles. The summed E-state index contributed by atoms with van der Waals surface area (Å²) in [4.78, 5) is 47.9. The average molecular weight is 448 g/mol. The molecule has 0 saturated carbocycles. The van der Waals surface area contributed by atoms with Crippen LogP contribution in [0.1, 0.15) is 35.2 Å². The van der Waals surface area contributed by atoms with Crippen LogP contribution in [0.2, 0.25) is 0 Å². The number of hydrogen-bond acceptors (Lipinski definition) is 6. The standard InChI is InChI=1S/C15H15INO7/c1-16-7-9-10(17-23)3-2-8-11(18)6-15(14(21)22,24-13(8)9)5-4-12(19)20/h2-3H,4-7H2,1H3,(H,19,20)(H,21,22)/q-1. The summed E-state index contributed by atoms with van der Waals surface area (Å²) in [6.45, 7) is 0. The molecule has 0 saturated heterocycles. The number of nitroso groups, excluding NO2 is 1. The Kier molecular flexibility index (Phi) is 5.52. The number of alkyl halides is 2. The minimum absolute atomic E-state index is 0.0534. The zero-order chi connectivity index (χ0) is 17.9. The normalized spacial score (nSPS) is 19.5. The molecule has 0 spiro atoms. The third-order valence-electron chi connectivity index (χ3n) is 3.78. The zero-order valence-corrected chi connectivity index (χ0v) is 14.9. The summed E-state index contributed by atoms with van der Waals surface area (Å²) in [5.74, 6) is -2.97. The van der Waals surface area contributed by atoms with E-state index in [0.29, 0.717) is 9.99 Å². The number of benzene rings is 1. The summed E-state index contributed by atoms with van der Waals surface area (Å²) in [7, 11) is 0. The second kappa shape index (κ2) is 7.24. The molecule has 0 aliphatic carbocycles. The Bertz CT molecular complexity index is 718. The van der Waals surface area contributed by atoms with Crippen LogP contribution in [0.25, 0.3) is 0 Å². The van der Waals surface area contributed by atoms with Crippen LogP contribution < -0.4 is 25.9 Å². The van der Waals surface area contributed by atoms with E-state index in [1.54, 1.807) is 0 Å². The number of fused-ring (bicyclic) bond motifs is 1. The van der Waals surface area contributed by atoms with E-state index in [0.717, 1.165) is 0 Å². The molecular formula is C15H15INO7-. The third-order valence-corrected chi connectivity index (χ3v) is 5.30. The van der Waals surface area contributed by atoms with Crippen molar-refractivity contribution < 1.29 is 50.5 Å². The maximum absolute atomic E-state index is 12.4. The van der Waals surface area contributed by atoms with Crippen LogP contribution in [0.3, 0.4) is 0 Å². The van der Waals surface area contributed by atoms with Crippen LogP contribution >= 0.6 is 0 Å². The topological polar surface area (TPSA) is 130 Å². The van der Waals surface area contributed by atoms with Gasteiger partial charge in [0.25, 0.3) is 0 Å². The van der Waals surface area contributed by atoms with E-state index < -0.39 is 36.2 Å². The number of ether oxygens (including phenoxy) is 1. The van der Waals surface area contributed by atoms with E-state index in [1.807, 2.05) is 4.93 Å². The molecule has 0 aromatic heterocycles. The van der Waals surface area contributed by atoms with Crippen molar-refractivity contribution >= 4 is 23.4 Å². The van der Waals surface area contributed by atoms with Gasteiger partial charge in [0.1, 0.15) is 0 Å². The van der Waals surface area contributed by atoms with E-state index >= 15 is 0 Å². The van der Waals surface area contributed by atoms with Gasteiger partial charge in [0.15, 0.2) is 0 Å². The Labute approximate surface area is 147 Å². The molecule has 2 N–H and O–H groups in total. The van der Waals surface area contributed by atoms with Crippen molar-refractivity contribution in [1.82, 2.24) is 0 Å². The SMILES string of the molecule is C[I-]Cc1c(N=O)ccc2c1OC(CCC(=O)O)(C(=O)O)CC2=O. The molecule has 0 fully saturated rings. The second-order valence-electron chi connectivity index (χ2n) is 5.33. The molecule has 0 amide bonds. The fraction of sp³-hybridized carbons (Fsp3) is 0.400. The van der Waals surface area contributed by atoms with Gasteiger partial charge in [-0.25, -0.2) is 0 Å². The van der Waals surface area contributed by atoms with Crippen LogP contribution in [0.4, 0.5) is 5.69 Å². The van der Waals surface area contributed by atoms with E-state index in [1.165, 1.54) is 12.1 Å². The van der Waals surface area contributed by atoms with Crippen LogP contribution in [0.5, 0.6) is 5.75 Å². The van der Waals surface area contributed by atoms with Crippen LogP contribution in [-0.4, -0.2) is 38.5 Å². The number of carboxylic acids is 2. The summed E-state index contributed by atoms with van der Waals surface area (Å²) >= 11 is -0.323. The number of nitrogens with zero attached hydrogens (tertiary/aromatic N) is 1. The number of aliphatic carboxylic acids is 2. The van der Waals surface area contributed by atoms with Crippen LogP contribution in [0, 0.1) is 4.91 Å². The molecule has 1 aromatic rings. The van der Waals surface area contributed by atoms with Crippen LogP contribution in [-0.2, 0) is 14.0 Å². The fourth-order valence-corrected chi connectivity index (χ4v) is 4.06. The second-order valence-corrected chi connectivity index (χ2v) is 7.62. The van der Waals surface area contributed by atoms with E-state index in [9.17, 15) is 24.4 Å². The summed E-state index contributed by atoms with van der Waals surface area (Å²) in [6, 6.07) is 2.82. The number of carboxylic acid groups (broad SMARTS) is 2. The molecule has 0 bridgehead atoms. The first kappa shape index (κ1) is 18.3. The summed E-state index contributed by atoms with van der Waals surface area (Å²) in [6.07, 6.45) is -1.24. The van der Waals surface area contributed by atoms with Gasteiger partial charge in [0, 0.05) is 0 Å². The molecule has 1 heterocycles. The Balaban J connectivity index is 2.56. The molecule has 1 aliphatic rings. The predicted molar refractivity (Wildman–Crippen MR) is 78.3 cm³/mol. The molecule has 1 atom stereocenters. The van der Waals surface area contributed by atoms with E-state index in [-0.39, 0.29) is 44.6 Å².